The quantitative estimate of drug-likeness (QED) is 0.666. The number of aryl methyl sites for hydroxylation is 1. The molecule has 1 aliphatic carbocycles. The van der Waals surface area contributed by atoms with Gasteiger partial charge in [-0.3, -0.25) is 0 Å². The van der Waals surface area contributed by atoms with Gasteiger partial charge in [0.1, 0.15) is 0 Å². The second-order valence-electron chi connectivity index (χ2n) is 6.28. The fraction of sp³-hybridized carbons (Fsp3) is 0.333. The molecule has 1 aliphatic rings. The first-order chi connectivity index (χ1) is 11.6. The van der Waals surface area contributed by atoms with E-state index in [1.54, 1.807) is 13.0 Å². The molecule has 3 rings (SSSR count). The van der Waals surface area contributed by atoms with Gasteiger partial charge in [0.2, 0.25) is 5.82 Å². The van der Waals surface area contributed by atoms with Crippen LogP contribution in [0.2, 0.25) is 0 Å². The van der Waals surface area contributed by atoms with Crippen LogP contribution in [0, 0.1) is 18.6 Å². The number of allylic oxidation sites excluding steroid dienone is 2. The molecule has 0 fully saturated rings. The fourth-order valence-electron chi connectivity index (χ4n) is 3.28. The van der Waals surface area contributed by atoms with E-state index in [0.29, 0.717) is 12.2 Å². The SMILES string of the molecule is CCOc1ccc(C2CC=C(c3ccc(C)cc3)CC2)c(F)c1F. The van der Waals surface area contributed by atoms with Gasteiger partial charge >= 0.3 is 0 Å². The van der Waals surface area contributed by atoms with Crippen molar-refractivity contribution < 1.29 is 13.5 Å². The van der Waals surface area contributed by atoms with Gasteiger partial charge in [0, 0.05) is 0 Å². The average molecular weight is 328 g/mol. The van der Waals surface area contributed by atoms with Gasteiger partial charge in [-0.15, -0.1) is 0 Å². The van der Waals surface area contributed by atoms with Crippen LogP contribution < -0.4 is 4.74 Å². The molecule has 1 nitrogen and oxygen atoms in total. The van der Waals surface area contributed by atoms with Crippen molar-refractivity contribution in [3.63, 3.8) is 0 Å². The van der Waals surface area contributed by atoms with E-state index in [1.165, 1.54) is 22.8 Å². The Morgan fingerprint density at radius 3 is 2.42 bits per heavy atom. The third-order valence-electron chi connectivity index (χ3n) is 4.65. The zero-order valence-corrected chi connectivity index (χ0v) is 14.1. The topological polar surface area (TPSA) is 9.23 Å². The number of halogens is 2. The molecule has 0 N–H and O–H groups in total. The second kappa shape index (κ2) is 7.16. The molecule has 1 atom stereocenters. The van der Waals surface area contributed by atoms with Crippen molar-refractivity contribution >= 4 is 5.57 Å². The van der Waals surface area contributed by atoms with Crippen molar-refractivity contribution in [3.05, 3.63) is 70.8 Å². The first-order valence-electron chi connectivity index (χ1n) is 8.47. The number of benzene rings is 2. The van der Waals surface area contributed by atoms with E-state index in [-0.39, 0.29) is 11.7 Å². The maximum Gasteiger partial charge on any atom is 0.200 e. The number of rotatable bonds is 4. The molecule has 2 aromatic rings. The van der Waals surface area contributed by atoms with E-state index in [9.17, 15) is 8.78 Å². The van der Waals surface area contributed by atoms with Crippen LogP contribution in [-0.4, -0.2) is 6.61 Å². The Bertz CT molecular complexity index is 747. The Morgan fingerprint density at radius 2 is 1.79 bits per heavy atom. The Kier molecular flexibility index (Phi) is 4.98. The van der Waals surface area contributed by atoms with Crippen molar-refractivity contribution in [3.8, 4) is 5.75 Å². The summed E-state index contributed by atoms with van der Waals surface area (Å²) in [6.07, 6.45) is 4.59. The Balaban J connectivity index is 1.79. The highest BCUT2D eigenvalue weighted by Crippen LogP contribution is 2.38. The molecule has 0 heterocycles. The van der Waals surface area contributed by atoms with E-state index >= 15 is 0 Å². The minimum Gasteiger partial charge on any atom is -0.491 e. The van der Waals surface area contributed by atoms with Crippen LogP contribution >= 0.6 is 0 Å². The molecular weight excluding hydrogens is 306 g/mol. The Labute approximate surface area is 142 Å². The number of hydrogen-bond acceptors (Lipinski definition) is 1. The Morgan fingerprint density at radius 1 is 1.04 bits per heavy atom. The zero-order chi connectivity index (χ0) is 17.1. The van der Waals surface area contributed by atoms with Crippen LogP contribution in [0.1, 0.15) is 48.8 Å². The summed E-state index contributed by atoms with van der Waals surface area (Å²) >= 11 is 0. The van der Waals surface area contributed by atoms with Gasteiger partial charge in [-0.05, 0) is 61.8 Å². The molecule has 0 aromatic heterocycles. The van der Waals surface area contributed by atoms with Gasteiger partial charge in [0.25, 0.3) is 0 Å². The Hall–Kier alpha value is -2.16. The minimum absolute atomic E-state index is 0.00885. The van der Waals surface area contributed by atoms with Crippen molar-refractivity contribution in [2.24, 2.45) is 0 Å². The smallest absolute Gasteiger partial charge is 0.200 e. The van der Waals surface area contributed by atoms with Crippen LogP contribution in [-0.2, 0) is 0 Å². The normalized spacial score (nSPS) is 17.5. The lowest BCUT2D eigenvalue weighted by molar-refractivity contribution is 0.312. The summed E-state index contributed by atoms with van der Waals surface area (Å²) in [7, 11) is 0. The van der Waals surface area contributed by atoms with Crippen molar-refractivity contribution in [1.82, 2.24) is 0 Å². The van der Waals surface area contributed by atoms with Gasteiger partial charge in [-0.1, -0.05) is 42.0 Å². The van der Waals surface area contributed by atoms with Gasteiger partial charge in [0.15, 0.2) is 11.6 Å². The first-order valence-corrected chi connectivity index (χ1v) is 8.47. The predicted octanol–water partition coefficient (Wildman–Crippen LogP) is 6.02. The third-order valence-corrected chi connectivity index (χ3v) is 4.65. The van der Waals surface area contributed by atoms with E-state index in [2.05, 4.69) is 37.3 Å². The van der Waals surface area contributed by atoms with Crippen LogP contribution in [0.3, 0.4) is 0 Å². The molecule has 3 heteroatoms. The highest BCUT2D eigenvalue weighted by Gasteiger charge is 2.23. The third kappa shape index (κ3) is 3.35. The fourth-order valence-corrected chi connectivity index (χ4v) is 3.28. The predicted molar refractivity (Wildman–Crippen MR) is 93.3 cm³/mol. The van der Waals surface area contributed by atoms with Gasteiger partial charge in [0.05, 0.1) is 6.61 Å². The molecule has 0 saturated carbocycles. The molecule has 0 amide bonds. The highest BCUT2D eigenvalue weighted by molar-refractivity contribution is 5.66. The minimum atomic E-state index is -0.873. The summed E-state index contributed by atoms with van der Waals surface area (Å²) in [5.41, 5.74) is 4.20. The maximum absolute atomic E-state index is 14.4. The molecule has 0 spiro atoms. The molecule has 2 aromatic carbocycles. The molecule has 0 aliphatic heterocycles. The highest BCUT2D eigenvalue weighted by atomic mass is 19.2. The van der Waals surface area contributed by atoms with Crippen LogP contribution in [0.15, 0.2) is 42.5 Å². The standard InChI is InChI=1S/C21H22F2O/c1-3-24-19-13-12-18(20(22)21(19)23)17-10-8-16(9-11-17)15-6-4-14(2)5-7-15/h4-8,12-13,17H,3,9-11H2,1-2H3. The lowest BCUT2D eigenvalue weighted by Crippen LogP contribution is -2.08. The van der Waals surface area contributed by atoms with Crippen molar-refractivity contribution in [2.45, 2.75) is 39.0 Å². The van der Waals surface area contributed by atoms with E-state index in [4.69, 9.17) is 4.74 Å². The van der Waals surface area contributed by atoms with E-state index in [1.807, 2.05) is 0 Å². The number of hydrogen-bond donors (Lipinski definition) is 0. The summed E-state index contributed by atoms with van der Waals surface area (Å²) in [6, 6.07) is 11.7. The largest absolute Gasteiger partial charge is 0.491 e. The summed E-state index contributed by atoms with van der Waals surface area (Å²) in [4.78, 5) is 0. The van der Waals surface area contributed by atoms with Crippen LogP contribution in [0.5, 0.6) is 5.75 Å². The monoisotopic (exact) mass is 328 g/mol. The number of ether oxygens (including phenoxy) is 1. The second-order valence-corrected chi connectivity index (χ2v) is 6.28. The summed E-state index contributed by atoms with van der Waals surface area (Å²) < 4.78 is 33.5. The van der Waals surface area contributed by atoms with Gasteiger partial charge in [-0.2, -0.15) is 4.39 Å². The first kappa shape index (κ1) is 16.7. The average Bonchev–Trinajstić information content (AvgIpc) is 2.60. The summed E-state index contributed by atoms with van der Waals surface area (Å²) in [6.45, 7) is 4.14. The maximum atomic E-state index is 14.4. The molecule has 0 radical (unpaired) electrons. The molecule has 126 valence electrons. The van der Waals surface area contributed by atoms with E-state index < -0.39 is 11.6 Å². The zero-order valence-electron chi connectivity index (χ0n) is 14.1. The molecule has 0 bridgehead atoms. The van der Waals surface area contributed by atoms with Crippen LogP contribution in [0.4, 0.5) is 8.78 Å². The lowest BCUT2D eigenvalue weighted by Gasteiger charge is -2.23. The van der Waals surface area contributed by atoms with Crippen LogP contribution in [0.25, 0.3) is 5.57 Å². The summed E-state index contributed by atoms with van der Waals surface area (Å²) in [5, 5.41) is 0. The summed E-state index contributed by atoms with van der Waals surface area (Å²) in [5.74, 6) is -1.63. The molecule has 0 saturated heterocycles. The van der Waals surface area contributed by atoms with Crippen molar-refractivity contribution in [2.75, 3.05) is 6.61 Å². The van der Waals surface area contributed by atoms with Crippen molar-refractivity contribution in [1.29, 1.82) is 0 Å². The van der Waals surface area contributed by atoms with E-state index in [0.717, 1.165) is 19.3 Å². The molecular formula is C21H22F2O. The van der Waals surface area contributed by atoms with Gasteiger partial charge < -0.3 is 4.74 Å². The van der Waals surface area contributed by atoms with Gasteiger partial charge in [-0.25, -0.2) is 4.39 Å². The lowest BCUT2D eigenvalue weighted by atomic mass is 9.82. The molecule has 24 heavy (non-hydrogen) atoms. The molecule has 1 unspecified atom stereocenters.